The maximum atomic E-state index is 9.66. The van der Waals surface area contributed by atoms with Gasteiger partial charge < -0.3 is 15.6 Å². The molecule has 0 aliphatic rings. The van der Waals surface area contributed by atoms with E-state index >= 15 is 0 Å². The molecular formula is C14H14ClNO2. The fourth-order valence-electron chi connectivity index (χ4n) is 1.61. The Morgan fingerprint density at radius 3 is 2.44 bits per heavy atom. The summed E-state index contributed by atoms with van der Waals surface area (Å²) < 4.78 is 5.54. The first-order chi connectivity index (χ1) is 8.66. The van der Waals surface area contributed by atoms with Crippen molar-refractivity contribution in [3.63, 3.8) is 0 Å². The standard InChI is InChI=1S/C14H14ClNO2/c15-10-5-7-11(8-6-10)18-9-13(16)12-3-1-2-4-14(12)17/h1-8,13,17H,9,16H2. The molecule has 0 saturated carbocycles. The van der Waals surface area contributed by atoms with Crippen LogP contribution in [0.15, 0.2) is 48.5 Å². The Hall–Kier alpha value is -1.71. The number of hydrogen-bond acceptors (Lipinski definition) is 3. The molecule has 0 aliphatic heterocycles. The second-order valence-corrected chi connectivity index (χ2v) is 4.37. The summed E-state index contributed by atoms with van der Waals surface area (Å²) in [6.45, 7) is 0.291. The van der Waals surface area contributed by atoms with Gasteiger partial charge in [-0.2, -0.15) is 0 Å². The van der Waals surface area contributed by atoms with Crippen molar-refractivity contribution in [2.24, 2.45) is 5.73 Å². The largest absolute Gasteiger partial charge is 0.508 e. The Morgan fingerprint density at radius 1 is 1.11 bits per heavy atom. The predicted molar refractivity (Wildman–Crippen MR) is 72.0 cm³/mol. The molecule has 0 bridgehead atoms. The highest BCUT2D eigenvalue weighted by Gasteiger charge is 2.10. The average Bonchev–Trinajstić information content (AvgIpc) is 2.38. The Balaban J connectivity index is 1.98. The molecule has 1 unspecified atom stereocenters. The Kier molecular flexibility index (Phi) is 4.07. The second-order valence-electron chi connectivity index (χ2n) is 3.93. The molecule has 2 aromatic rings. The minimum atomic E-state index is -0.373. The van der Waals surface area contributed by atoms with Crippen molar-refractivity contribution >= 4 is 11.6 Å². The van der Waals surface area contributed by atoms with Gasteiger partial charge in [-0.15, -0.1) is 0 Å². The number of benzene rings is 2. The van der Waals surface area contributed by atoms with Crippen molar-refractivity contribution in [2.75, 3.05) is 6.61 Å². The number of hydrogen-bond donors (Lipinski definition) is 2. The molecular weight excluding hydrogens is 250 g/mol. The van der Waals surface area contributed by atoms with Gasteiger partial charge in [-0.05, 0) is 30.3 Å². The predicted octanol–water partition coefficient (Wildman–Crippen LogP) is 3.12. The van der Waals surface area contributed by atoms with E-state index in [-0.39, 0.29) is 11.8 Å². The summed E-state index contributed by atoms with van der Waals surface area (Å²) in [7, 11) is 0. The molecule has 3 nitrogen and oxygen atoms in total. The number of halogens is 1. The van der Waals surface area contributed by atoms with Crippen LogP contribution in [0.4, 0.5) is 0 Å². The zero-order chi connectivity index (χ0) is 13.0. The molecule has 0 fully saturated rings. The summed E-state index contributed by atoms with van der Waals surface area (Å²) in [5.41, 5.74) is 6.64. The number of nitrogens with two attached hydrogens (primary N) is 1. The van der Waals surface area contributed by atoms with E-state index < -0.39 is 0 Å². The van der Waals surface area contributed by atoms with E-state index in [1.54, 1.807) is 42.5 Å². The monoisotopic (exact) mass is 263 g/mol. The third kappa shape index (κ3) is 3.15. The van der Waals surface area contributed by atoms with Crippen LogP contribution in [0, 0.1) is 0 Å². The van der Waals surface area contributed by atoms with Crippen molar-refractivity contribution in [1.82, 2.24) is 0 Å². The first-order valence-electron chi connectivity index (χ1n) is 5.58. The third-order valence-electron chi connectivity index (χ3n) is 2.58. The van der Waals surface area contributed by atoms with Crippen molar-refractivity contribution in [3.05, 3.63) is 59.1 Å². The fraction of sp³-hybridized carbons (Fsp3) is 0.143. The van der Waals surface area contributed by atoms with Gasteiger partial charge in [-0.25, -0.2) is 0 Å². The summed E-state index contributed by atoms with van der Waals surface area (Å²) in [6, 6.07) is 13.7. The number of aromatic hydroxyl groups is 1. The third-order valence-corrected chi connectivity index (χ3v) is 2.83. The van der Waals surface area contributed by atoms with Gasteiger partial charge in [-0.3, -0.25) is 0 Å². The second kappa shape index (κ2) is 5.76. The highest BCUT2D eigenvalue weighted by Crippen LogP contribution is 2.23. The van der Waals surface area contributed by atoms with Gasteiger partial charge >= 0.3 is 0 Å². The molecule has 4 heteroatoms. The highest BCUT2D eigenvalue weighted by molar-refractivity contribution is 6.30. The molecule has 0 radical (unpaired) electrons. The van der Waals surface area contributed by atoms with Crippen LogP contribution in [0.1, 0.15) is 11.6 Å². The molecule has 94 valence electrons. The van der Waals surface area contributed by atoms with Gasteiger partial charge in [-0.1, -0.05) is 29.8 Å². The van der Waals surface area contributed by atoms with Crippen LogP contribution in [-0.4, -0.2) is 11.7 Å². The van der Waals surface area contributed by atoms with E-state index in [4.69, 9.17) is 22.1 Å². The summed E-state index contributed by atoms with van der Waals surface area (Å²) in [4.78, 5) is 0. The smallest absolute Gasteiger partial charge is 0.120 e. The maximum absolute atomic E-state index is 9.66. The van der Waals surface area contributed by atoms with E-state index in [1.807, 2.05) is 6.07 Å². The van der Waals surface area contributed by atoms with Gasteiger partial charge in [0.05, 0.1) is 6.04 Å². The maximum Gasteiger partial charge on any atom is 0.120 e. The minimum absolute atomic E-state index is 0.185. The zero-order valence-corrected chi connectivity index (χ0v) is 10.5. The van der Waals surface area contributed by atoms with E-state index in [0.717, 1.165) is 0 Å². The topological polar surface area (TPSA) is 55.5 Å². The lowest BCUT2D eigenvalue weighted by Gasteiger charge is -2.14. The van der Waals surface area contributed by atoms with Crippen LogP contribution in [0.25, 0.3) is 0 Å². The number of phenols is 1. The molecule has 0 aromatic heterocycles. The van der Waals surface area contributed by atoms with Gasteiger partial charge in [0.1, 0.15) is 18.1 Å². The van der Waals surface area contributed by atoms with Gasteiger partial charge in [0.25, 0.3) is 0 Å². The van der Waals surface area contributed by atoms with Crippen LogP contribution < -0.4 is 10.5 Å². The Morgan fingerprint density at radius 2 is 1.78 bits per heavy atom. The summed E-state index contributed by atoms with van der Waals surface area (Å²) >= 11 is 5.78. The van der Waals surface area contributed by atoms with Gasteiger partial charge in [0.2, 0.25) is 0 Å². The molecule has 0 amide bonds. The number of para-hydroxylation sites is 1. The van der Waals surface area contributed by atoms with Crippen molar-refractivity contribution in [3.8, 4) is 11.5 Å². The molecule has 2 aromatic carbocycles. The van der Waals surface area contributed by atoms with Crippen LogP contribution in [0.2, 0.25) is 5.02 Å². The van der Waals surface area contributed by atoms with Crippen molar-refractivity contribution in [1.29, 1.82) is 0 Å². The van der Waals surface area contributed by atoms with Gasteiger partial charge in [0.15, 0.2) is 0 Å². The van der Waals surface area contributed by atoms with Gasteiger partial charge in [0, 0.05) is 10.6 Å². The summed E-state index contributed by atoms with van der Waals surface area (Å²) in [6.07, 6.45) is 0. The average molecular weight is 264 g/mol. The van der Waals surface area contributed by atoms with E-state index in [9.17, 15) is 5.11 Å². The van der Waals surface area contributed by atoms with Crippen LogP contribution in [-0.2, 0) is 0 Å². The molecule has 0 spiro atoms. The first-order valence-corrected chi connectivity index (χ1v) is 5.96. The van der Waals surface area contributed by atoms with Crippen LogP contribution in [0.3, 0.4) is 0 Å². The fourth-order valence-corrected chi connectivity index (χ4v) is 1.73. The Bertz CT molecular complexity index is 513. The lowest BCUT2D eigenvalue weighted by molar-refractivity contribution is 0.287. The molecule has 0 heterocycles. The minimum Gasteiger partial charge on any atom is -0.508 e. The van der Waals surface area contributed by atoms with Crippen molar-refractivity contribution < 1.29 is 9.84 Å². The summed E-state index contributed by atoms with van der Waals surface area (Å²) in [5.74, 6) is 0.884. The van der Waals surface area contributed by atoms with Crippen LogP contribution >= 0.6 is 11.6 Å². The molecule has 18 heavy (non-hydrogen) atoms. The lowest BCUT2D eigenvalue weighted by Crippen LogP contribution is -2.19. The molecule has 0 saturated heterocycles. The van der Waals surface area contributed by atoms with Crippen LogP contribution in [0.5, 0.6) is 11.5 Å². The zero-order valence-electron chi connectivity index (χ0n) is 9.71. The molecule has 3 N–H and O–H groups in total. The normalized spacial score (nSPS) is 12.1. The number of phenolic OH excluding ortho intramolecular Hbond substituents is 1. The van der Waals surface area contributed by atoms with E-state index in [2.05, 4.69) is 0 Å². The summed E-state index contributed by atoms with van der Waals surface area (Å²) in [5, 5.41) is 10.3. The number of ether oxygens (including phenoxy) is 1. The van der Waals surface area contributed by atoms with E-state index in [0.29, 0.717) is 22.9 Å². The first kappa shape index (κ1) is 12.7. The molecule has 1 atom stereocenters. The SMILES string of the molecule is NC(COc1ccc(Cl)cc1)c1ccccc1O. The van der Waals surface area contributed by atoms with E-state index in [1.165, 1.54) is 0 Å². The quantitative estimate of drug-likeness (QED) is 0.891. The number of rotatable bonds is 4. The Labute approximate surface area is 111 Å². The highest BCUT2D eigenvalue weighted by atomic mass is 35.5. The molecule has 0 aliphatic carbocycles. The molecule has 2 rings (SSSR count). The van der Waals surface area contributed by atoms with Crippen molar-refractivity contribution in [2.45, 2.75) is 6.04 Å². The lowest BCUT2D eigenvalue weighted by atomic mass is 10.1.